The molecule has 18 heavy (non-hydrogen) atoms. The zero-order valence-electron chi connectivity index (χ0n) is 10.9. The molecule has 1 N–H and O–H groups in total. The van der Waals surface area contributed by atoms with Crippen molar-refractivity contribution in [3.8, 4) is 0 Å². The van der Waals surface area contributed by atoms with E-state index in [1.165, 1.54) is 12.1 Å². The number of hydrogen-bond donors (Lipinski definition) is 1. The summed E-state index contributed by atoms with van der Waals surface area (Å²) in [6.45, 7) is 4.03. The van der Waals surface area contributed by atoms with Gasteiger partial charge in [-0.05, 0) is 54.6 Å². The molecule has 1 atom stereocenters. The first-order valence-corrected chi connectivity index (χ1v) is 6.70. The van der Waals surface area contributed by atoms with Crippen LogP contribution in [0.15, 0.2) is 16.6 Å². The molecule has 0 spiro atoms. The molecule has 1 aromatic rings. The minimum atomic E-state index is -0.511. The van der Waals surface area contributed by atoms with Gasteiger partial charge in [-0.25, -0.2) is 8.78 Å². The maximum atomic E-state index is 13.8. The number of nitrogens with one attached hydrogen (secondary N) is 1. The molecule has 0 radical (unpaired) electrons. The topological polar surface area (TPSA) is 15.3 Å². The molecular weight excluding hydrogens is 302 g/mol. The van der Waals surface area contributed by atoms with Gasteiger partial charge in [-0.1, -0.05) is 6.92 Å². The molecule has 2 nitrogen and oxygen atoms in total. The van der Waals surface area contributed by atoms with Crippen molar-refractivity contribution in [2.45, 2.75) is 13.5 Å². The van der Waals surface area contributed by atoms with E-state index in [1.807, 2.05) is 19.0 Å². The first-order chi connectivity index (χ1) is 8.45. The van der Waals surface area contributed by atoms with E-state index in [0.717, 1.165) is 13.1 Å². The maximum Gasteiger partial charge on any atom is 0.144 e. The molecule has 0 saturated heterocycles. The molecule has 0 aliphatic carbocycles. The lowest BCUT2D eigenvalue weighted by Crippen LogP contribution is -2.30. The Bertz CT molecular complexity index is 399. The van der Waals surface area contributed by atoms with Gasteiger partial charge in [0.1, 0.15) is 11.6 Å². The zero-order chi connectivity index (χ0) is 13.7. The van der Waals surface area contributed by atoms with Crippen molar-refractivity contribution in [2.24, 2.45) is 5.92 Å². The molecule has 5 heteroatoms. The van der Waals surface area contributed by atoms with Crippen molar-refractivity contribution in [1.82, 2.24) is 10.2 Å². The van der Waals surface area contributed by atoms with E-state index in [-0.39, 0.29) is 12.1 Å². The Morgan fingerprint density at radius 2 is 2.06 bits per heavy atom. The quantitative estimate of drug-likeness (QED) is 0.810. The highest BCUT2D eigenvalue weighted by atomic mass is 79.9. The van der Waals surface area contributed by atoms with Crippen LogP contribution in [0.25, 0.3) is 0 Å². The lowest BCUT2D eigenvalue weighted by molar-refractivity contribution is 0.268. The van der Waals surface area contributed by atoms with Crippen LogP contribution >= 0.6 is 15.9 Å². The standard InChI is InChI=1S/C13H19BrF2N2/c1-9(6-17-2)7-18(3)8-10-12(15)5-4-11(14)13(10)16/h4-5,9,17H,6-8H2,1-3H3. The fourth-order valence-electron chi connectivity index (χ4n) is 1.99. The summed E-state index contributed by atoms with van der Waals surface area (Å²) in [4.78, 5) is 1.93. The van der Waals surface area contributed by atoms with Gasteiger partial charge in [0.15, 0.2) is 0 Å². The summed E-state index contributed by atoms with van der Waals surface area (Å²) in [6.07, 6.45) is 0. The predicted octanol–water partition coefficient (Wildman–Crippen LogP) is 3.01. The minimum absolute atomic E-state index is 0.114. The number of nitrogens with zero attached hydrogens (tertiary/aromatic N) is 1. The Hall–Kier alpha value is -0.520. The fraction of sp³-hybridized carbons (Fsp3) is 0.538. The van der Waals surface area contributed by atoms with Crippen molar-refractivity contribution in [3.63, 3.8) is 0 Å². The summed E-state index contributed by atoms with van der Waals surface area (Å²) >= 11 is 3.08. The van der Waals surface area contributed by atoms with Gasteiger partial charge in [-0.3, -0.25) is 0 Å². The number of halogens is 3. The van der Waals surface area contributed by atoms with Crippen molar-refractivity contribution in [3.05, 3.63) is 33.8 Å². The van der Waals surface area contributed by atoms with Crippen molar-refractivity contribution in [1.29, 1.82) is 0 Å². The SMILES string of the molecule is CNCC(C)CN(C)Cc1c(F)ccc(Br)c1F. The maximum absolute atomic E-state index is 13.8. The third-order valence-electron chi connectivity index (χ3n) is 2.74. The van der Waals surface area contributed by atoms with Gasteiger partial charge in [0, 0.05) is 18.7 Å². The normalized spacial score (nSPS) is 13.1. The minimum Gasteiger partial charge on any atom is -0.319 e. The Labute approximate surface area is 115 Å². The van der Waals surface area contributed by atoms with E-state index in [4.69, 9.17) is 0 Å². The molecule has 0 saturated carbocycles. The van der Waals surface area contributed by atoms with Crippen molar-refractivity contribution in [2.75, 3.05) is 27.2 Å². The highest BCUT2D eigenvalue weighted by Gasteiger charge is 2.15. The van der Waals surface area contributed by atoms with Crippen molar-refractivity contribution >= 4 is 15.9 Å². The van der Waals surface area contributed by atoms with Gasteiger partial charge in [-0.15, -0.1) is 0 Å². The van der Waals surface area contributed by atoms with Crippen molar-refractivity contribution < 1.29 is 8.78 Å². The fourth-order valence-corrected chi connectivity index (χ4v) is 2.37. The highest BCUT2D eigenvalue weighted by molar-refractivity contribution is 9.10. The van der Waals surface area contributed by atoms with Crippen LogP contribution in [0.3, 0.4) is 0 Å². The average molecular weight is 321 g/mol. The molecule has 102 valence electrons. The molecule has 1 rings (SSSR count). The summed E-state index contributed by atoms with van der Waals surface area (Å²) < 4.78 is 27.7. The summed E-state index contributed by atoms with van der Waals surface area (Å²) in [5.41, 5.74) is 0.114. The van der Waals surface area contributed by atoms with Crippen LogP contribution in [-0.2, 0) is 6.54 Å². The summed E-state index contributed by atoms with van der Waals surface area (Å²) in [7, 11) is 3.76. The third kappa shape index (κ3) is 4.30. The Balaban J connectivity index is 2.70. The monoisotopic (exact) mass is 320 g/mol. The molecule has 0 aliphatic rings. The van der Waals surface area contributed by atoms with E-state index in [9.17, 15) is 8.78 Å². The smallest absolute Gasteiger partial charge is 0.144 e. The number of hydrogen-bond acceptors (Lipinski definition) is 2. The summed E-state index contributed by atoms with van der Waals surface area (Å²) in [6, 6.07) is 2.67. The van der Waals surface area contributed by atoms with Gasteiger partial charge >= 0.3 is 0 Å². The molecular formula is C13H19BrF2N2. The highest BCUT2D eigenvalue weighted by Crippen LogP contribution is 2.22. The molecule has 1 aromatic carbocycles. The van der Waals surface area contributed by atoms with Crippen LogP contribution < -0.4 is 5.32 Å². The van der Waals surface area contributed by atoms with E-state index >= 15 is 0 Å². The van der Waals surface area contributed by atoms with Crippen LogP contribution in [0.5, 0.6) is 0 Å². The number of benzene rings is 1. The predicted molar refractivity (Wildman–Crippen MR) is 73.5 cm³/mol. The van der Waals surface area contributed by atoms with Crippen LogP contribution in [0.1, 0.15) is 12.5 Å². The third-order valence-corrected chi connectivity index (χ3v) is 3.36. The van der Waals surface area contributed by atoms with E-state index in [1.54, 1.807) is 0 Å². The number of rotatable bonds is 6. The van der Waals surface area contributed by atoms with Gasteiger partial charge in [0.25, 0.3) is 0 Å². The summed E-state index contributed by atoms with van der Waals surface area (Å²) in [5.74, 6) is -0.579. The molecule has 0 amide bonds. The molecule has 0 aliphatic heterocycles. The molecule has 1 unspecified atom stereocenters. The lowest BCUT2D eigenvalue weighted by Gasteiger charge is -2.21. The zero-order valence-corrected chi connectivity index (χ0v) is 12.5. The van der Waals surface area contributed by atoms with Crippen LogP contribution in [0, 0.1) is 17.6 Å². The van der Waals surface area contributed by atoms with E-state index < -0.39 is 11.6 Å². The van der Waals surface area contributed by atoms with Crippen LogP contribution in [0.2, 0.25) is 0 Å². The lowest BCUT2D eigenvalue weighted by atomic mass is 10.1. The van der Waals surface area contributed by atoms with Crippen LogP contribution in [-0.4, -0.2) is 32.1 Å². The summed E-state index contributed by atoms with van der Waals surface area (Å²) in [5, 5.41) is 3.09. The molecule has 0 bridgehead atoms. The first kappa shape index (κ1) is 15.5. The molecule has 0 aromatic heterocycles. The largest absolute Gasteiger partial charge is 0.319 e. The van der Waals surface area contributed by atoms with Gasteiger partial charge in [-0.2, -0.15) is 0 Å². The average Bonchev–Trinajstić information content (AvgIpc) is 2.30. The molecule has 0 heterocycles. The van der Waals surface area contributed by atoms with Gasteiger partial charge in [0.2, 0.25) is 0 Å². The Morgan fingerprint density at radius 3 is 2.67 bits per heavy atom. The first-order valence-electron chi connectivity index (χ1n) is 5.91. The van der Waals surface area contributed by atoms with Gasteiger partial charge in [0.05, 0.1) is 4.47 Å². The Kier molecular flexibility index (Phi) is 6.18. The molecule has 0 fully saturated rings. The second-order valence-electron chi connectivity index (χ2n) is 4.68. The second-order valence-corrected chi connectivity index (χ2v) is 5.54. The van der Waals surface area contributed by atoms with E-state index in [2.05, 4.69) is 28.2 Å². The van der Waals surface area contributed by atoms with Crippen LogP contribution in [0.4, 0.5) is 8.78 Å². The second kappa shape index (κ2) is 7.16. The Morgan fingerprint density at radius 1 is 1.39 bits per heavy atom. The van der Waals surface area contributed by atoms with Gasteiger partial charge < -0.3 is 10.2 Å². The van der Waals surface area contributed by atoms with E-state index in [0.29, 0.717) is 10.4 Å².